The molecule has 1 N–H and O–H groups in total. The summed E-state index contributed by atoms with van der Waals surface area (Å²) in [7, 11) is 0. The lowest BCUT2D eigenvalue weighted by molar-refractivity contribution is -0.139. The molecular weight excluding hydrogens is 572 g/mol. The number of esters is 1. The number of phenols is 1. The van der Waals surface area contributed by atoms with Gasteiger partial charge in [0, 0.05) is 0 Å². The summed E-state index contributed by atoms with van der Waals surface area (Å²) >= 11 is 7.90. The lowest BCUT2D eigenvalue weighted by Gasteiger charge is -2.24. The van der Waals surface area contributed by atoms with Gasteiger partial charge in [0.05, 0.1) is 37.4 Å². The van der Waals surface area contributed by atoms with Crippen LogP contribution >= 0.6 is 43.2 Å². The van der Waals surface area contributed by atoms with Crippen molar-refractivity contribution in [1.82, 2.24) is 4.57 Å². The fraction of sp³-hybridized carbons (Fsp3) is 0.208. The number of phenolic OH excluding ortho intramolecular Hbond substituents is 1. The average molecular weight is 592 g/mol. The minimum absolute atomic E-state index is 0.0858. The topological polar surface area (TPSA) is 80.9 Å². The van der Waals surface area contributed by atoms with E-state index >= 15 is 0 Å². The molecule has 0 aliphatic carbocycles. The number of ether oxygens (including phenoxy) is 1. The molecule has 4 rings (SSSR count). The summed E-state index contributed by atoms with van der Waals surface area (Å²) in [6.45, 7) is 5.72. The fourth-order valence-corrected chi connectivity index (χ4v) is 5.94. The molecule has 1 aliphatic heterocycles. The van der Waals surface area contributed by atoms with Crippen molar-refractivity contribution in [2.75, 3.05) is 6.61 Å². The zero-order valence-electron chi connectivity index (χ0n) is 18.1. The highest BCUT2D eigenvalue weighted by Crippen LogP contribution is 2.34. The minimum Gasteiger partial charge on any atom is -0.506 e. The molecule has 33 heavy (non-hydrogen) atoms. The van der Waals surface area contributed by atoms with E-state index in [-0.39, 0.29) is 17.9 Å². The number of benzene rings is 2. The molecule has 2 heterocycles. The Morgan fingerprint density at radius 2 is 1.85 bits per heavy atom. The second kappa shape index (κ2) is 9.40. The predicted octanol–water partition coefficient (Wildman–Crippen LogP) is 4.34. The first kappa shape index (κ1) is 23.7. The number of aromatic hydroxyl groups is 1. The Labute approximate surface area is 210 Å². The molecule has 1 aliphatic rings. The lowest BCUT2D eigenvalue weighted by Crippen LogP contribution is -2.39. The number of nitrogens with zero attached hydrogens (tertiary/aromatic N) is 2. The van der Waals surface area contributed by atoms with Gasteiger partial charge in [0.2, 0.25) is 0 Å². The minimum atomic E-state index is -0.638. The average Bonchev–Trinajstić information content (AvgIpc) is 3.06. The number of aryl methyl sites for hydroxylation is 1. The second-order valence-corrected chi connectivity index (χ2v) is 10.3. The zero-order chi connectivity index (χ0) is 23.9. The molecule has 6 nitrogen and oxygen atoms in total. The van der Waals surface area contributed by atoms with E-state index in [2.05, 4.69) is 36.9 Å². The first-order valence-electron chi connectivity index (χ1n) is 10.2. The summed E-state index contributed by atoms with van der Waals surface area (Å²) in [5, 5.41) is 9.98. The summed E-state index contributed by atoms with van der Waals surface area (Å²) < 4.78 is 8.35. The van der Waals surface area contributed by atoms with Crippen molar-refractivity contribution in [3.8, 4) is 5.75 Å². The highest BCUT2D eigenvalue weighted by Gasteiger charge is 2.33. The van der Waals surface area contributed by atoms with Crippen LogP contribution in [-0.4, -0.2) is 22.2 Å². The van der Waals surface area contributed by atoms with E-state index in [1.54, 1.807) is 36.6 Å². The smallest absolute Gasteiger partial charge is 0.338 e. The predicted molar refractivity (Wildman–Crippen MR) is 135 cm³/mol. The van der Waals surface area contributed by atoms with Crippen molar-refractivity contribution < 1.29 is 14.6 Å². The first-order valence-corrected chi connectivity index (χ1v) is 12.6. The Hall–Kier alpha value is -2.49. The van der Waals surface area contributed by atoms with E-state index in [9.17, 15) is 14.7 Å². The monoisotopic (exact) mass is 590 g/mol. The maximum absolute atomic E-state index is 13.6. The van der Waals surface area contributed by atoms with Gasteiger partial charge in [-0.2, -0.15) is 0 Å². The first-order chi connectivity index (χ1) is 15.7. The van der Waals surface area contributed by atoms with Gasteiger partial charge in [-0.3, -0.25) is 9.36 Å². The number of carbonyl (C=O) groups is 1. The number of hydrogen-bond donors (Lipinski definition) is 1. The molecule has 0 radical (unpaired) electrons. The number of thiazole rings is 1. The maximum Gasteiger partial charge on any atom is 0.338 e. The molecule has 3 aromatic rings. The Morgan fingerprint density at radius 1 is 1.21 bits per heavy atom. The number of allylic oxidation sites excluding steroid dienone is 1. The molecule has 9 heteroatoms. The van der Waals surface area contributed by atoms with Crippen molar-refractivity contribution in [1.29, 1.82) is 0 Å². The van der Waals surface area contributed by atoms with Gasteiger partial charge in [0.25, 0.3) is 5.56 Å². The second-order valence-electron chi connectivity index (χ2n) is 7.55. The normalized spacial score (nSPS) is 15.9. The van der Waals surface area contributed by atoms with Gasteiger partial charge in [-0.25, -0.2) is 9.79 Å². The Bertz CT molecular complexity index is 1450. The molecule has 0 saturated heterocycles. The van der Waals surface area contributed by atoms with Crippen LogP contribution in [0, 0.1) is 6.92 Å². The standard InChI is InChI=1S/C24H20Br2N2O4S/c1-4-32-23(31)19-13(3)27-24-28(20(19)15-7-5-12(2)6-8-15)22(30)18(33-24)11-14-9-16(25)21(29)17(26)10-14/h5-11,20,29H,4H2,1-3H3/b18-11-/t20-/m0/s1. The van der Waals surface area contributed by atoms with Crippen molar-refractivity contribution in [3.05, 3.63) is 93.0 Å². The number of carbonyl (C=O) groups excluding carboxylic acids is 1. The SMILES string of the molecule is CCOC(=O)C1=C(C)N=c2s/c(=C\c3cc(Br)c(O)c(Br)c3)c(=O)n2[C@H]1c1ccc(C)cc1. The van der Waals surface area contributed by atoms with Gasteiger partial charge in [-0.1, -0.05) is 41.2 Å². The number of halogens is 2. The van der Waals surface area contributed by atoms with Gasteiger partial charge in [-0.15, -0.1) is 0 Å². The van der Waals surface area contributed by atoms with Gasteiger partial charge in [0.15, 0.2) is 4.80 Å². The Kier molecular flexibility index (Phi) is 6.74. The van der Waals surface area contributed by atoms with Crippen LogP contribution in [0.4, 0.5) is 0 Å². The van der Waals surface area contributed by atoms with E-state index in [1.807, 2.05) is 31.2 Å². The molecule has 1 atom stereocenters. The third-order valence-electron chi connectivity index (χ3n) is 5.25. The zero-order valence-corrected chi connectivity index (χ0v) is 22.0. The van der Waals surface area contributed by atoms with E-state index in [1.165, 1.54) is 11.3 Å². The van der Waals surface area contributed by atoms with Crippen LogP contribution in [0.2, 0.25) is 0 Å². The number of fused-ring (bicyclic) bond motifs is 1. The molecule has 0 amide bonds. The van der Waals surface area contributed by atoms with Gasteiger partial charge < -0.3 is 9.84 Å². The summed E-state index contributed by atoms with van der Waals surface area (Å²) in [5.74, 6) is -0.396. The third kappa shape index (κ3) is 4.49. The Balaban J connectivity index is 1.96. The van der Waals surface area contributed by atoms with Crippen molar-refractivity contribution in [2.45, 2.75) is 26.8 Å². The molecule has 0 bridgehead atoms. The molecule has 170 valence electrons. The molecule has 0 spiro atoms. The van der Waals surface area contributed by atoms with Crippen molar-refractivity contribution in [2.24, 2.45) is 4.99 Å². The summed E-state index contributed by atoms with van der Waals surface area (Å²) in [6.07, 6.45) is 1.74. The summed E-state index contributed by atoms with van der Waals surface area (Å²) in [5.41, 5.74) is 3.24. The molecule has 0 fully saturated rings. The molecule has 1 aromatic heterocycles. The van der Waals surface area contributed by atoms with Gasteiger partial charge >= 0.3 is 5.97 Å². The number of rotatable bonds is 4. The van der Waals surface area contributed by atoms with Crippen molar-refractivity contribution >= 4 is 55.2 Å². The quantitative estimate of drug-likeness (QED) is 0.458. The molecular formula is C24H20Br2N2O4S. The van der Waals surface area contributed by atoms with Crippen LogP contribution in [0.5, 0.6) is 5.75 Å². The fourth-order valence-electron chi connectivity index (χ4n) is 3.68. The third-order valence-corrected chi connectivity index (χ3v) is 7.44. The van der Waals surface area contributed by atoms with E-state index in [4.69, 9.17) is 4.74 Å². The van der Waals surface area contributed by atoms with Crippen LogP contribution in [-0.2, 0) is 9.53 Å². The lowest BCUT2D eigenvalue weighted by atomic mass is 9.95. The highest BCUT2D eigenvalue weighted by molar-refractivity contribution is 9.11. The molecule has 0 saturated carbocycles. The van der Waals surface area contributed by atoms with Crippen LogP contribution in [0.25, 0.3) is 6.08 Å². The van der Waals surface area contributed by atoms with Crippen LogP contribution in [0.1, 0.15) is 36.6 Å². The van der Waals surface area contributed by atoms with E-state index in [0.717, 1.165) is 16.7 Å². The largest absolute Gasteiger partial charge is 0.506 e. The summed E-state index contributed by atoms with van der Waals surface area (Å²) in [4.78, 5) is 31.6. The van der Waals surface area contributed by atoms with Crippen LogP contribution in [0.15, 0.2) is 66.4 Å². The molecule has 0 unspecified atom stereocenters. The van der Waals surface area contributed by atoms with E-state index < -0.39 is 12.0 Å². The van der Waals surface area contributed by atoms with Gasteiger partial charge in [0.1, 0.15) is 5.75 Å². The summed E-state index contributed by atoms with van der Waals surface area (Å²) in [6, 6.07) is 10.6. The Morgan fingerprint density at radius 3 is 2.45 bits per heavy atom. The van der Waals surface area contributed by atoms with E-state index in [0.29, 0.717) is 29.5 Å². The van der Waals surface area contributed by atoms with Gasteiger partial charge in [-0.05, 0) is 82.0 Å². The highest BCUT2D eigenvalue weighted by atomic mass is 79.9. The van der Waals surface area contributed by atoms with Crippen LogP contribution < -0.4 is 14.9 Å². The number of hydrogen-bond acceptors (Lipinski definition) is 6. The van der Waals surface area contributed by atoms with Crippen molar-refractivity contribution in [3.63, 3.8) is 0 Å². The number of aromatic nitrogens is 1. The maximum atomic E-state index is 13.6. The van der Waals surface area contributed by atoms with Crippen LogP contribution in [0.3, 0.4) is 0 Å². The molecule has 2 aromatic carbocycles.